The fraction of sp³-hybridized carbons (Fsp3) is 0.261. The van der Waals surface area contributed by atoms with Crippen LogP contribution in [0.15, 0.2) is 67.0 Å². The first-order chi connectivity index (χ1) is 14.8. The van der Waals surface area contributed by atoms with E-state index < -0.39 is 0 Å². The van der Waals surface area contributed by atoms with Gasteiger partial charge in [0.05, 0.1) is 29.8 Å². The van der Waals surface area contributed by atoms with Gasteiger partial charge in [-0.25, -0.2) is 0 Å². The maximum atomic E-state index is 8.88. The summed E-state index contributed by atoms with van der Waals surface area (Å²) in [7, 11) is 0. The summed E-state index contributed by atoms with van der Waals surface area (Å²) in [4.78, 5) is 2.26. The predicted octanol–water partition coefficient (Wildman–Crippen LogP) is 3.09. The van der Waals surface area contributed by atoms with Gasteiger partial charge in [0.25, 0.3) is 0 Å². The van der Waals surface area contributed by atoms with Gasteiger partial charge < -0.3 is 9.47 Å². The van der Waals surface area contributed by atoms with Crippen LogP contribution in [0.2, 0.25) is 0 Å². The van der Waals surface area contributed by atoms with Gasteiger partial charge in [0, 0.05) is 32.0 Å². The molecule has 7 nitrogen and oxygen atoms in total. The van der Waals surface area contributed by atoms with Gasteiger partial charge in [-0.05, 0) is 54.6 Å². The van der Waals surface area contributed by atoms with Crippen LogP contribution in [0.4, 0.5) is 0 Å². The maximum absolute atomic E-state index is 8.88. The summed E-state index contributed by atoms with van der Waals surface area (Å²) in [5.41, 5.74) is 1.23. The molecular formula is C23H23N5O2. The monoisotopic (exact) mass is 401 g/mol. The zero-order valence-electron chi connectivity index (χ0n) is 16.6. The molecule has 7 heteroatoms. The highest BCUT2D eigenvalue weighted by atomic mass is 16.5. The molecule has 0 amide bonds. The standard InChI is InChI=1S/C23H23N5O2/c24-18-20-2-6-22(7-3-20)29-16-14-27(12-13-28-11-1-10-26-28)15-17-30-23-8-4-21(19-25)5-9-23/h1-11H,12-17H2. The Bertz CT molecular complexity index is 907. The van der Waals surface area contributed by atoms with Crippen molar-refractivity contribution in [1.82, 2.24) is 14.7 Å². The third-order valence-corrected chi connectivity index (χ3v) is 4.52. The Kier molecular flexibility index (Phi) is 7.85. The number of nitriles is 2. The summed E-state index contributed by atoms with van der Waals surface area (Å²) in [6, 6.07) is 20.3. The van der Waals surface area contributed by atoms with Gasteiger partial charge in [0.1, 0.15) is 24.7 Å². The summed E-state index contributed by atoms with van der Waals surface area (Å²) in [6.07, 6.45) is 3.71. The highest BCUT2D eigenvalue weighted by molar-refractivity contribution is 5.35. The molecule has 0 aliphatic rings. The molecule has 152 valence electrons. The van der Waals surface area contributed by atoms with Gasteiger partial charge in [-0.3, -0.25) is 9.58 Å². The molecule has 2 aromatic carbocycles. The fourth-order valence-electron chi connectivity index (χ4n) is 2.85. The van der Waals surface area contributed by atoms with E-state index in [1.54, 1.807) is 54.7 Å². The maximum Gasteiger partial charge on any atom is 0.119 e. The number of hydrogen-bond donors (Lipinski definition) is 0. The first-order valence-electron chi connectivity index (χ1n) is 9.72. The molecule has 3 rings (SSSR count). The van der Waals surface area contributed by atoms with E-state index in [-0.39, 0.29) is 0 Å². The molecule has 0 radical (unpaired) electrons. The highest BCUT2D eigenvalue weighted by Crippen LogP contribution is 2.12. The molecule has 0 aliphatic carbocycles. The smallest absolute Gasteiger partial charge is 0.119 e. The molecule has 1 heterocycles. The number of aromatic nitrogens is 2. The molecule has 0 atom stereocenters. The third-order valence-electron chi connectivity index (χ3n) is 4.52. The van der Waals surface area contributed by atoms with Crippen molar-refractivity contribution in [3.05, 3.63) is 78.1 Å². The first-order valence-corrected chi connectivity index (χ1v) is 9.72. The van der Waals surface area contributed by atoms with E-state index >= 15 is 0 Å². The van der Waals surface area contributed by atoms with Crippen LogP contribution in [0.1, 0.15) is 11.1 Å². The topological polar surface area (TPSA) is 87.1 Å². The first kappa shape index (κ1) is 20.9. The van der Waals surface area contributed by atoms with Gasteiger partial charge in [0.2, 0.25) is 0 Å². The highest BCUT2D eigenvalue weighted by Gasteiger charge is 2.07. The Labute approximate surface area is 176 Å². The molecule has 0 saturated heterocycles. The number of benzene rings is 2. The second-order valence-corrected chi connectivity index (χ2v) is 6.58. The molecule has 0 spiro atoms. The average molecular weight is 401 g/mol. The van der Waals surface area contributed by atoms with Crippen LogP contribution in [-0.4, -0.2) is 47.5 Å². The minimum Gasteiger partial charge on any atom is -0.492 e. The van der Waals surface area contributed by atoms with Crippen molar-refractivity contribution in [2.24, 2.45) is 0 Å². The van der Waals surface area contributed by atoms with Crippen LogP contribution in [0.5, 0.6) is 11.5 Å². The number of ether oxygens (including phenoxy) is 2. The van der Waals surface area contributed by atoms with Crippen LogP contribution in [0.25, 0.3) is 0 Å². The molecule has 0 fully saturated rings. The number of hydrogen-bond acceptors (Lipinski definition) is 6. The van der Waals surface area contributed by atoms with Crippen molar-refractivity contribution in [2.75, 3.05) is 32.8 Å². The molecule has 30 heavy (non-hydrogen) atoms. The van der Waals surface area contributed by atoms with E-state index in [0.29, 0.717) is 24.3 Å². The second-order valence-electron chi connectivity index (χ2n) is 6.58. The number of nitrogens with zero attached hydrogens (tertiary/aromatic N) is 5. The summed E-state index contributed by atoms with van der Waals surface area (Å²) >= 11 is 0. The fourth-order valence-corrected chi connectivity index (χ4v) is 2.85. The normalized spacial score (nSPS) is 10.4. The lowest BCUT2D eigenvalue weighted by Gasteiger charge is -2.22. The third kappa shape index (κ3) is 6.66. The van der Waals surface area contributed by atoms with Crippen molar-refractivity contribution in [1.29, 1.82) is 10.5 Å². The number of rotatable bonds is 11. The van der Waals surface area contributed by atoms with Gasteiger partial charge in [-0.15, -0.1) is 0 Å². The van der Waals surface area contributed by atoms with E-state index in [2.05, 4.69) is 22.1 Å². The second kappa shape index (κ2) is 11.3. The Morgan fingerprint density at radius 3 is 1.77 bits per heavy atom. The van der Waals surface area contributed by atoms with Gasteiger partial charge in [-0.1, -0.05) is 0 Å². The molecule has 1 aromatic heterocycles. The quantitative estimate of drug-likeness (QED) is 0.491. The van der Waals surface area contributed by atoms with Crippen LogP contribution >= 0.6 is 0 Å². The van der Waals surface area contributed by atoms with Crippen molar-refractivity contribution >= 4 is 0 Å². The zero-order chi connectivity index (χ0) is 21.0. The van der Waals surface area contributed by atoms with Crippen molar-refractivity contribution in [3.63, 3.8) is 0 Å². The van der Waals surface area contributed by atoms with Gasteiger partial charge in [0.15, 0.2) is 0 Å². The lowest BCUT2D eigenvalue weighted by molar-refractivity contribution is 0.171. The van der Waals surface area contributed by atoms with Crippen LogP contribution < -0.4 is 9.47 Å². The van der Waals surface area contributed by atoms with Crippen LogP contribution in [0.3, 0.4) is 0 Å². The Morgan fingerprint density at radius 2 is 1.33 bits per heavy atom. The van der Waals surface area contributed by atoms with Crippen molar-refractivity contribution in [3.8, 4) is 23.6 Å². The van der Waals surface area contributed by atoms with E-state index in [0.717, 1.165) is 37.7 Å². The summed E-state index contributed by atoms with van der Waals surface area (Å²) in [5.74, 6) is 1.49. The Balaban J connectivity index is 1.48. The summed E-state index contributed by atoms with van der Waals surface area (Å²) in [5, 5.41) is 22.0. The lowest BCUT2D eigenvalue weighted by Crippen LogP contribution is -2.35. The summed E-state index contributed by atoms with van der Waals surface area (Å²) < 4.78 is 13.5. The zero-order valence-corrected chi connectivity index (χ0v) is 16.6. The minimum atomic E-state index is 0.530. The minimum absolute atomic E-state index is 0.530. The lowest BCUT2D eigenvalue weighted by atomic mass is 10.2. The van der Waals surface area contributed by atoms with Crippen LogP contribution in [-0.2, 0) is 6.54 Å². The molecule has 0 N–H and O–H groups in total. The molecule has 3 aromatic rings. The Hall–Kier alpha value is -3.81. The molecule has 0 bridgehead atoms. The molecular weight excluding hydrogens is 378 g/mol. The van der Waals surface area contributed by atoms with Crippen LogP contribution in [0, 0.1) is 22.7 Å². The molecule has 0 aliphatic heterocycles. The van der Waals surface area contributed by atoms with Crippen molar-refractivity contribution in [2.45, 2.75) is 6.54 Å². The van der Waals surface area contributed by atoms with E-state index in [1.807, 2.05) is 16.9 Å². The SMILES string of the molecule is N#Cc1ccc(OCCN(CCOc2ccc(C#N)cc2)CCn2cccn2)cc1. The molecule has 0 unspecified atom stereocenters. The van der Waals surface area contributed by atoms with Crippen molar-refractivity contribution < 1.29 is 9.47 Å². The van der Waals surface area contributed by atoms with E-state index in [1.165, 1.54) is 0 Å². The average Bonchev–Trinajstić information content (AvgIpc) is 3.32. The van der Waals surface area contributed by atoms with Gasteiger partial charge in [-0.2, -0.15) is 15.6 Å². The molecule has 0 saturated carbocycles. The summed E-state index contributed by atoms with van der Waals surface area (Å²) in [6.45, 7) is 4.12. The van der Waals surface area contributed by atoms with E-state index in [4.69, 9.17) is 20.0 Å². The largest absolute Gasteiger partial charge is 0.492 e. The predicted molar refractivity (Wildman–Crippen MR) is 112 cm³/mol. The Morgan fingerprint density at radius 1 is 0.800 bits per heavy atom. The van der Waals surface area contributed by atoms with Gasteiger partial charge >= 0.3 is 0 Å². The van der Waals surface area contributed by atoms with E-state index in [9.17, 15) is 0 Å².